The number of rotatable bonds is 4. The summed E-state index contributed by atoms with van der Waals surface area (Å²) in [7, 11) is 0. The highest BCUT2D eigenvalue weighted by Crippen LogP contribution is 2.26. The fraction of sp³-hybridized carbons (Fsp3) is 0.286. The molecule has 2 heteroatoms. The molecule has 0 fully saturated rings. The van der Waals surface area contributed by atoms with Gasteiger partial charge < -0.3 is 9.84 Å². The zero-order valence-electron chi connectivity index (χ0n) is 9.39. The lowest BCUT2D eigenvalue weighted by Crippen LogP contribution is -2.13. The molecule has 1 unspecified atom stereocenters. The predicted octanol–water partition coefficient (Wildman–Crippen LogP) is 2.99. The fourth-order valence-electron chi connectivity index (χ4n) is 1.76. The second-order valence-electron chi connectivity index (χ2n) is 3.92. The van der Waals surface area contributed by atoms with Crippen LogP contribution in [0.25, 0.3) is 10.8 Å². The number of aliphatic hydroxyl groups excluding tert-OH is 1. The highest BCUT2D eigenvalue weighted by Gasteiger charge is 2.06. The molecule has 0 radical (unpaired) electrons. The topological polar surface area (TPSA) is 29.5 Å². The quantitative estimate of drug-likeness (QED) is 0.851. The summed E-state index contributed by atoms with van der Waals surface area (Å²) in [5.74, 6) is 0.888. The summed E-state index contributed by atoms with van der Waals surface area (Å²) >= 11 is 0. The number of benzene rings is 2. The molecule has 0 aliphatic carbocycles. The highest BCUT2D eigenvalue weighted by atomic mass is 16.5. The van der Waals surface area contributed by atoms with Crippen LogP contribution in [0.2, 0.25) is 0 Å². The summed E-state index contributed by atoms with van der Waals surface area (Å²) < 4.78 is 5.81. The Balaban J connectivity index is 2.30. The Kier molecular flexibility index (Phi) is 3.42. The van der Waals surface area contributed by atoms with Crippen molar-refractivity contribution in [1.29, 1.82) is 0 Å². The van der Waals surface area contributed by atoms with Crippen molar-refractivity contribution in [3.05, 3.63) is 42.5 Å². The fourth-order valence-corrected chi connectivity index (χ4v) is 1.76. The van der Waals surface area contributed by atoms with Gasteiger partial charge in [-0.05, 0) is 18.4 Å². The lowest BCUT2D eigenvalue weighted by molar-refractivity contribution is 0.170. The van der Waals surface area contributed by atoms with E-state index in [1.54, 1.807) is 0 Å². The van der Waals surface area contributed by atoms with Gasteiger partial charge in [0.15, 0.2) is 0 Å². The van der Waals surface area contributed by atoms with E-state index in [4.69, 9.17) is 9.84 Å². The number of aliphatic hydroxyl groups is 1. The van der Waals surface area contributed by atoms with Crippen molar-refractivity contribution in [3.8, 4) is 5.75 Å². The highest BCUT2D eigenvalue weighted by molar-refractivity contribution is 5.88. The van der Waals surface area contributed by atoms with Gasteiger partial charge in [-0.25, -0.2) is 0 Å². The van der Waals surface area contributed by atoms with Gasteiger partial charge in [0.2, 0.25) is 0 Å². The summed E-state index contributed by atoms with van der Waals surface area (Å²) in [6.45, 7) is 2.13. The predicted molar refractivity (Wildman–Crippen MR) is 65.7 cm³/mol. The van der Waals surface area contributed by atoms with E-state index >= 15 is 0 Å². The minimum atomic E-state index is 0.0378. The molecule has 0 spiro atoms. The third-order valence-corrected chi connectivity index (χ3v) is 2.61. The van der Waals surface area contributed by atoms with Crippen LogP contribution in [-0.4, -0.2) is 17.8 Å². The minimum Gasteiger partial charge on any atom is -0.490 e. The molecule has 0 bridgehead atoms. The van der Waals surface area contributed by atoms with Crippen LogP contribution in [0.1, 0.15) is 13.3 Å². The minimum absolute atomic E-state index is 0.0378. The monoisotopic (exact) mass is 216 g/mol. The Morgan fingerprint density at radius 1 is 1.12 bits per heavy atom. The first-order valence-electron chi connectivity index (χ1n) is 5.56. The first-order chi connectivity index (χ1) is 7.81. The zero-order chi connectivity index (χ0) is 11.4. The average molecular weight is 216 g/mol. The summed E-state index contributed by atoms with van der Waals surface area (Å²) in [4.78, 5) is 0. The third kappa shape index (κ3) is 2.34. The molecule has 0 heterocycles. The molecule has 2 rings (SSSR count). The van der Waals surface area contributed by atoms with Crippen molar-refractivity contribution in [1.82, 2.24) is 0 Å². The molecular weight excluding hydrogens is 200 g/mol. The van der Waals surface area contributed by atoms with Gasteiger partial charge in [-0.3, -0.25) is 0 Å². The van der Waals surface area contributed by atoms with Gasteiger partial charge in [0, 0.05) is 18.4 Å². The van der Waals surface area contributed by atoms with Gasteiger partial charge in [-0.2, -0.15) is 0 Å². The number of hydrogen-bond acceptors (Lipinski definition) is 2. The molecule has 1 atom stereocenters. The molecule has 0 amide bonds. The summed E-state index contributed by atoms with van der Waals surface area (Å²) in [6.07, 6.45) is 0.694. The average Bonchev–Trinajstić information content (AvgIpc) is 2.30. The van der Waals surface area contributed by atoms with Crippen molar-refractivity contribution < 1.29 is 9.84 Å². The Labute approximate surface area is 95.5 Å². The van der Waals surface area contributed by atoms with Crippen molar-refractivity contribution in [2.75, 3.05) is 6.61 Å². The van der Waals surface area contributed by atoms with Crippen LogP contribution >= 0.6 is 0 Å². The molecule has 84 valence electrons. The van der Waals surface area contributed by atoms with Crippen LogP contribution in [-0.2, 0) is 0 Å². The van der Waals surface area contributed by atoms with Gasteiger partial charge >= 0.3 is 0 Å². The van der Waals surface area contributed by atoms with E-state index in [2.05, 4.69) is 18.2 Å². The molecule has 0 saturated heterocycles. The molecule has 2 nitrogen and oxygen atoms in total. The Morgan fingerprint density at radius 3 is 2.69 bits per heavy atom. The maximum Gasteiger partial charge on any atom is 0.127 e. The molecule has 0 saturated carbocycles. The molecule has 0 aromatic heterocycles. The smallest absolute Gasteiger partial charge is 0.127 e. The maximum atomic E-state index is 8.85. The van der Waals surface area contributed by atoms with Crippen LogP contribution in [0, 0.1) is 0 Å². The molecule has 16 heavy (non-hydrogen) atoms. The number of fused-ring (bicyclic) bond motifs is 1. The van der Waals surface area contributed by atoms with Gasteiger partial charge in [0.05, 0.1) is 6.10 Å². The summed E-state index contributed by atoms with van der Waals surface area (Å²) in [6, 6.07) is 14.2. The van der Waals surface area contributed by atoms with Gasteiger partial charge in [-0.1, -0.05) is 36.4 Å². The van der Waals surface area contributed by atoms with Crippen molar-refractivity contribution >= 4 is 10.8 Å². The second-order valence-corrected chi connectivity index (χ2v) is 3.92. The summed E-state index contributed by atoms with van der Waals surface area (Å²) in [5.41, 5.74) is 0. The molecule has 2 aromatic carbocycles. The van der Waals surface area contributed by atoms with Gasteiger partial charge in [-0.15, -0.1) is 0 Å². The van der Waals surface area contributed by atoms with E-state index in [-0.39, 0.29) is 12.7 Å². The SMILES string of the molecule is CC(CCO)Oc1cccc2ccccc12. The Hall–Kier alpha value is -1.54. The standard InChI is InChI=1S/C14H16O2/c1-11(9-10-15)16-14-8-4-6-12-5-2-3-7-13(12)14/h2-8,11,15H,9-10H2,1H3. The zero-order valence-corrected chi connectivity index (χ0v) is 9.39. The van der Waals surface area contributed by atoms with E-state index in [1.807, 2.05) is 31.2 Å². The van der Waals surface area contributed by atoms with Gasteiger partial charge in [0.1, 0.15) is 5.75 Å². The summed E-state index contributed by atoms with van der Waals surface area (Å²) in [5, 5.41) is 11.1. The van der Waals surface area contributed by atoms with E-state index < -0.39 is 0 Å². The van der Waals surface area contributed by atoms with Crippen LogP contribution in [0.3, 0.4) is 0 Å². The largest absolute Gasteiger partial charge is 0.490 e. The molecule has 0 aliphatic rings. The van der Waals surface area contributed by atoms with E-state index in [0.717, 1.165) is 11.1 Å². The first kappa shape index (κ1) is 11.0. The van der Waals surface area contributed by atoms with Crippen molar-refractivity contribution in [2.24, 2.45) is 0 Å². The van der Waals surface area contributed by atoms with Crippen LogP contribution in [0.4, 0.5) is 0 Å². The lowest BCUT2D eigenvalue weighted by Gasteiger charge is -2.15. The van der Waals surface area contributed by atoms with E-state index in [1.165, 1.54) is 5.39 Å². The lowest BCUT2D eigenvalue weighted by atomic mass is 10.1. The van der Waals surface area contributed by atoms with Crippen LogP contribution in [0.15, 0.2) is 42.5 Å². The normalized spacial score (nSPS) is 12.6. The van der Waals surface area contributed by atoms with Gasteiger partial charge in [0.25, 0.3) is 0 Å². The van der Waals surface area contributed by atoms with E-state index in [9.17, 15) is 0 Å². The van der Waals surface area contributed by atoms with Crippen molar-refractivity contribution in [3.63, 3.8) is 0 Å². The Morgan fingerprint density at radius 2 is 1.88 bits per heavy atom. The van der Waals surface area contributed by atoms with Crippen molar-refractivity contribution in [2.45, 2.75) is 19.4 Å². The number of ether oxygens (including phenoxy) is 1. The van der Waals surface area contributed by atoms with E-state index in [0.29, 0.717) is 6.42 Å². The Bertz CT molecular complexity index is 460. The van der Waals surface area contributed by atoms with Crippen LogP contribution in [0.5, 0.6) is 5.75 Å². The third-order valence-electron chi connectivity index (χ3n) is 2.61. The molecule has 1 N–H and O–H groups in total. The van der Waals surface area contributed by atoms with Crippen LogP contribution < -0.4 is 4.74 Å². The molecule has 0 aliphatic heterocycles. The maximum absolute atomic E-state index is 8.85. The first-order valence-corrected chi connectivity index (χ1v) is 5.56. The second kappa shape index (κ2) is 4.99. The molecule has 2 aromatic rings. The molecular formula is C14H16O2. The number of hydrogen-bond donors (Lipinski definition) is 1.